The fraction of sp³-hybridized carbons (Fsp3) is 0.545. The summed E-state index contributed by atoms with van der Waals surface area (Å²) in [6.07, 6.45) is 11.0. The van der Waals surface area contributed by atoms with Crippen LogP contribution in [0.4, 0.5) is 0 Å². The van der Waals surface area contributed by atoms with Gasteiger partial charge in [0.15, 0.2) is 0 Å². The van der Waals surface area contributed by atoms with Crippen molar-refractivity contribution in [2.45, 2.75) is 57.9 Å². The van der Waals surface area contributed by atoms with Crippen molar-refractivity contribution in [1.82, 2.24) is 20.2 Å². The van der Waals surface area contributed by atoms with Crippen molar-refractivity contribution in [3.05, 3.63) is 35.1 Å². The van der Waals surface area contributed by atoms with Gasteiger partial charge in [-0.1, -0.05) is 19.3 Å². The van der Waals surface area contributed by atoms with Gasteiger partial charge < -0.3 is 10.2 Å². The van der Waals surface area contributed by atoms with Crippen LogP contribution in [-0.2, 0) is 4.79 Å². The largest absolute Gasteiger partial charge is 0.353 e. The normalized spacial score (nSPS) is 20.4. The summed E-state index contributed by atoms with van der Waals surface area (Å²) in [5, 5.41) is 4.04. The highest BCUT2D eigenvalue weighted by Gasteiger charge is 2.31. The molecular formula is C22H28N4O2S. The number of carbonyl (C=O) groups is 2. The summed E-state index contributed by atoms with van der Waals surface area (Å²) in [4.78, 5) is 37.2. The van der Waals surface area contributed by atoms with Crippen LogP contribution in [-0.4, -0.2) is 45.8 Å². The van der Waals surface area contributed by atoms with E-state index in [2.05, 4.69) is 15.3 Å². The van der Waals surface area contributed by atoms with Crippen molar-refractivity contribution in [2.24, 2.45) is 5.92 Å². The van der Waals surface area contributed by atoms with Gasteiger partial charge in [-0.05, 0) is 44.7 Å². The SMILES string of the molecule is Cc1nc(-c2cccnc2)sc1C(=O)N1CCCC(C(=O)NC2CCCCC2)C1. The van der Waals surface area contributed by atoms with Crippen LogP contribution in [0, 0.1) is 12.8 Å². The number of nitrogens with zero attached hydrogens (tertiary/aromatic N) is 3. The minimum Gasteiger partial charge on any atom is -0.353 e. The van der Waals surface area contributed by atoms with Gasteiger partial charge in [0.1, 0.15) is 9.88 Å². The Kier molecular flexibility index (Phi) is 6.23. The Hall–Kier alpha value is -2.28. The van der Waals surface area contributed by atoms with Gasteiger partial charge in [0.2, 0.25) is 5.91 Å². The second kappa shape index (κ2) is 9.03. The summed E-state index contributed by atoms with van der Waals surface area (Å²) < 4.78 is 0. The number of nitrogens with one attached hydrogen (secondary N) is 1. The highest BCUT2D eigenvalue weighted by Crippen LogP contribution is 2.29. The number of rotatable bonds is 4. The van der Waals surface area contributed by atoms with Gasteiger partial charge in [-0.25, -0.2) is 4.98 Å². The van der Waals surface area contributed by atoms with Gasteiger partial charge >= 0.3 is 0 Å². The molecule has 0 bridgehead atoms. The maximum absolute atomic E-state index is 13.2. The fourth-order valence-electron chi connectivity index (χ4n) is 4.29. The van der Waals surface area contributed by atoms with E-state index < -0.39 is 0 Å². The summed E-state index contributed by atoms with van der Waals surface area (Å²) in [5.41, 5.74) is 1.66. The summed E-state index contributed by atoms with van der Waals surface area (Å²) in [6, 6.07) is 4.13. The molecule has 2 aromatic rings. The number of piperidine rings is 1. The molecular weight excluding hydrogens is 384 g/mol. The molecule has 3 heterocycles. The van der Waals surface area contributed by atoms with Gasteiger partial charge in [-0.3, -0.25) is 14.6 Å². The number of carbonyl (C=O) groups excluding carboxylic acids is 2. The number of thiazole rings is 1. The first-order valence-electron chi connectivity index (χ1n) is 10.6. The number of pyridine rings is 1. The molecule has 1 atom stereocenters. The Bertz CT molecular complexity index is 861. The summed E-state index contributed by atoms with van der Waals surface area (Å²) >= 11 is 1.41. The standard InChI is InChI=1S/C22H28N4O2S/c1-15-19(29-21(24-15)16-7-5-11-23-13-16)22(28)26-12-6-8-17(14-26)20(27)25-18-9-3-2-4-10-18/h5,7,11,13,17-18H,2-4,6,8-10,12,14H2,1H3,(H,25,27). The Labute approximate surface area is 175 Å². The minimum absolute atomic E-state index is 0.00898. The lowest BCUT2D eigenvalue weighted by Crippen LogP contribution is -2.47. The summed E-state index contributed by atoms with van der Waals surface area (Å²) in [7, 11) is 0. The first kappa shape index (κ1) is 20.0. The van der Waals surface area contributed by atoms with Gasteiger partial charge in [-0.15, -0.1) is 11.3 Å². The Morgan fingerprint density at radius 1 is 1.17 bits per heavy atom. The van der Waals surface area contributed by atoms with Crippen molar-refractivity contribution < 1.29 is 9.59 Å². The zero-order chi connectivity index (χ0) is 20.2. The molecule has 6 nitrogen and oxygen atoms in total. The van der Waals surface area contributed by atoms with Crippen molar-refractivity contribution >= 4 is 23.2 Å². The van der Waals surface area contributed by atoms with E-state index in [4.69, 9.17) is 0 Å². The van der Waals surface area contributed by atoms with Crippen LogP contribution in [0.25, 0.3) is 10.6 Å². The molecule has 2 fully saturated rings. The molecule has 7 heteroatoms. The lowest BCUT2D eigenvalue weighted by molar-refractivity contribution is -0.127. The van der Waals surface area contributed by atoms with E-state index in [-0.39, 0.29) is 17.7 Å². The molecule has 1 saturated heterocycles. The van der Waals surface area contributed by atoms with Crippen molar-refractivity contribution in [2.75, 3.05) is 13.1 Å². The molecule has 2 aromatic heterocycles. The molecule has 1 N–H and O–H groups in total. The first-order chi connectivity index (χ1) is 14.1. The van der Waals surface area contributed by atoms with Crippen molar-refractivity contribution in [3.63, 3.8) is 0 Å². The van der Waals surface area contributed by atoms with E-state index >= 15 is 0 Å². The van der Waals surface area contributed by atoms with Crippen LogP contribution in [0.1, 0.15) is 60.3 Å². The predicted octanol–water partition coefficient (Wildman–Crippen LogP) is 3.81. The molecule has 154 valence electrons. The molecule has 0 aromatic carbocycles. The molecule has 1 aliphatic carbocycles. The van der Waals surface area contributed by atoms with Crippen molar-refractivity contribution in [1.29, 1.82) is 0 Å². The Morgan fingerprint density at radius 2 is 2.00 bits per heavy atom. The van der Waals surface area contributed by atoms with E-state index in [0.29, 0.717) is 24.0 Å². The fourth-order valence-corrected chi connectivity index (χ4v) is 5.32. The number of aryl methyl sites for hydroxylation is 1. The minimum atomic E-state index is -0.111. The number of likely N-dealkylation sites (tertiary alicyclic amines) is 1. The molecule has 2 aliphatic rings. The zero-order valence-corrected chi connectivity index (χ0v) is 17.7. The second-order valence-corrected chi connectivity index (χ2v) is 9.11. The van der Waals surface area contributed by atoms with Crippen LogP contribution in [0.15, 0.2) is 24.5 Å². The highest BCUT2D eigenvalue weighted by molar-refractivity contribution is 7.17. The monoisotopic (exact) mass is 412 g/mol. The lowest BCUT2D eigenvalue weighted by Gasteiger charge is -2.33. The number of hydrogen-bond donors (Lipinski definition) is 1. The third-order valence-electron chi connectivity index (χ3n) is 5.93. The van der Waals surface area contributed by atoms with Gasteiger partial charge in [0.25, 0.3) is 5.91 Å². The molecule has 29 heavy (non-hydrogen) atoms. The topological polar surface area (TPSA) is 75.2 Å². The smallest absolute Gasteiger partial charge is 0.265 e. The van der Waals surface area contributed by atoms with Gasteiger partial charge in [0.05, 0.1) is 11.6 Å². The Balaban J connectivity index is 1.42. The number of aromatic nitrogens is 2. The molecule has 1 aliphatic heterocycles. The maximum Gasteiger partial charge on any atom is 0.265 e. The van der Waals surface area contributed by atoms with Crippen molar-refractivity contribution in [3.8, 4) is 10.6 Å². The molecule has 0 spiro atoms. The second-order valence-electron chi connectivity index (χ2n) is 8.11. The lowest BCUT2D eigenvalue weighted by atomic mass is 9.93. The average Bonchev–Trinajstić information content (AvgIpc) is 3.16. The summed E-state index contributed by atoms with van der Waals surface area (Å²) in [6.45, 7) is 3.07. The molecule has 0 radical (unpaired) electrons. The van der Waals surface area contributed by atoms with E-state index in [0.717, 1.165) is 41.9 Å². The molecule has 4 rings (SSSR count). The van der Waals surface area contributed by atoms with Gasteiger partial charge in [0, 0.05) is 37.1 Å². The first-order valence-corrected chi connectivity index (χ1v) is 11.4. The number of hydrogen-bond acceptors (Lipinski definition) is 5. The maximum atomic E-state index is 13.2. The Morgan fingerprint density at radius 3 is 2.76 bits per heavy atom. The molecule has 1 saturated carbocycles. The van der Waals surface area contributed by atoms with Crippen LogP contribution < -0.4 is 5.32 Å². The van der Waals surface area contributed by atoms with E-state index in [9.17, 15) is 9.59 Å². The van der Waals surface area contributed by atoms with E-state index in [1.165, 1.54) is 30.6 Å². The zero-order valence-electron chi connectivity index (χ0n) is 16.9. The predicted molar refractivity (Wildman–Crippen MR) is 114 cm³/mol. The number of amides is 2. The quantitative estimate of drug-likeness (QED) is 0.828. The molecule has 2 amide bonds. The third-order valence-corrected chi connectivity index (χ3v) is 7.12. The summed E-state index contributed by atoms with van der Waals surface area (Å²) in [5.74, 6) is -0.00238. The average molecular weight is 413 g/mol. The molecule has 1 unspecified atom stereocenters. The highest BCUT2D eigenvalue weighted by atomic mass is 32.1. The van der Waals surface area contributed by atoms with E-state index in [1.54, 1.807) is 12.4 Å². The van der Waals surface area contributed by atoms with Crippen LogP contribution in [0.2, 0.25) is 0 Å². The van der Waals surface area contributed by atoms with E-state index in [1.807, 2.05) is 24.0 Å². The van der Waals surface area contributed by atoms with Crippen LogP contribution >= 0.6 is 11.3 Å². The van der Waals surface area contributed by atoms with Gasteiger partial charge in [-0.2, -0.15) is 0 Å². The van der Waals surface area contributed by atoms with Crippen LogP contribution in [0.5, 0.6) is 0 Å². The van der Waals surface area contributed by atoms with Crippen LogP contribution in [0.3, 0.4) is 0 Å². The third kappa shape index (κ3) is 4.66.